The van der Waals surface area contributed by atoms with Gasteiger partial charge in [0, 0.05) is 13.7 Å². The molecule has 21 heavy (non-hydrogen) atoms. The Morgan fingerprint density at radius 1 is 1.33 bits per heavy atom. The van der Waals surface area contributed by atoms with Crippen LogP contribution in [-0.4, -0.2) is 63.4 Å². The number of methoxy groups -OCH3 is 2. The Morgan fingerprint density at radius 3 is 2.81 bits per heavy atom. The van der Waals surface area contributed by atoms with Gasteiger partial charge in [-0.05, 0) is 58.2 Å². The third-order valence-corrected chi connectivity index (χ3v) is 5.41. The fraction of sp³-hybridized carbons (Fsp3) is 0.938. The van der Waals surface area contributed by atoms with Crippen LogP contribution in [0.5, 0.6) is 0 Å². The minimum absolute atomic E-state index is 0.0964. The highest BCUT2D eigenvalue weighted by atomic mass is 16.5. The molecule has 1 aliphatic carbocycles. The number of carbonyl (C=O) groups excluding carboxylic acids is 1. The predicted octanol–water partition coefficient (Wildman–Crippen LogP) is 1.42. The number of rotatable bonds is 6. The first-order valence-electron chi connectivity index (χ1n) is 8.18. The van der Waals surface area contributed by atoms with E-state index >= 15 is 0 Å². The SMILES string of the molecule is CNC1(C(=O)OC)CCCC1CCN1CCCC(OC)C1. The van der Waals surface area contributed by atoms with Crippen molar-refractivity contribution in [3.8, 4) is 0 Å². The summed E-state index contributed by atoms with van der Waals surface area (Å²) in [5, 5.41) is 3.27. The smallest absolute Gasteiger partial charge is 0.326 e. The van der Waals surface area contributed by atoms with Gasteiger partial charge in [0.1, 0.15) is 5.54 Å². The van der Waals surface area contributed by atoms with E-state index in [2.05, 4.69) is 10.2 Å². The zero-order valence-electron chi connectivity index (χ0n) is 13.7. The molecule has 1 saturated carbocycles. The number of likely N-dealkylation sites (tertiary alicyclic amines) is 1. The van der Waals surface area contributed by atoms with Crippen molar-refractivity contribution in [1.82, 2.24) is 10.2 Å². The summed E-state index contributed by atoms with van der Waals surface area (Å²) in [6, 6.07) is 0. The molecular weight excluding hydrogens is 268 g/mol. The van der Waals surface area contributed by atoms with Gasteiger partial charge in [-0.2, -0.15) is 0 Å². The third kappa shape index (κ3) is 3.58. The Bertz CT molecular complexity index is 350. The second kappa shape index (κ2) is 7.56. The molecule has 5 nitrogen and oxygen atoms in total. The Hall–Kier alpha value is -0.650. The van der Waals surface area contributed by atoms with Gasteiger partial charge in [0.05, 0.1) is 13.2 Å². The van der Waals surface area contributed by atoms with Crippen LogP contribution in [0.4, 0.5) is 0 Å². The van der Waals surface area contributed by atoms with Gasteiger partial charge in [0.2, 0.25) is 0 Å². The van der Waals surface area contributed by atoms with Crippen LogP contribution in [0.1, 0.15) is 38.5 Å². The van der Waals surface area contributed by atoms with Gasteiger partial charge in [-0.1, -0.05) is 6.42 Å². The standard InChI is InChI=1S/C16H30N2O3/c1-17-16(15(19)21-3)9-4-6-13(16)8-11-18-10-5-7-14(12-18)20-2/h13-14,17H,4-12H2,1-3H3. The maximum atomic E-state index is 12.2. The molecule has 1 aliphatic heterocycles. The van der Waals surface area contributed by atoms with Gasteiger partial charge in [0.25, 0.3) is 0 Å². The number of hydrogen-bond donors (Lipinski definition) is 1. The number of hydrogen-bond acceptors (Lipinski definition) is 5. The fourth-order valence-electron chi connectivity index (χ4n) is 4.10. The van der Waals surface area contributed by atoms with Gasteiger partial charge in [-0.3, -0.25) is 4.79 Å². The quantitative estimate of drug-likeness (QED) is 0.752. The summed E-state index contributed by atoms with van der Waals surface area (Å²) in [7, 11) is 5.18. The Labute approximate surface area is 128 Å². The topological polar surface area (TPSA) is 50.8 Å². The van der Waals surface area contributed by atoms with Crippen molar-refractivity contribution in [1.29, 1.82) is 0 Å². The first kappa shape index (κ1) is 16.7. The summed E-state index contributed by atoms with van der Waals surface area (Å²) in [6.45, 7) is 3.22. The maximum absolute atomic E-state index is 12.2. The lowest BCUT2D eigenvalue weighted by molar-refractivity contribution is -0.150. The van der Waals surface area contributed by atoms with Crippen molar-refractivity contribution in [2.75, 3.05) is 40.9 Å². The number of nitrogens with zero attached hydrogens (tertiary/aromatic N) is 1. The summed E-state index contributed by atoms with van der Waals surface area (Å²) < 4.78 is 10.5. The van der Waals surface area contributed by atoms with E-state index in [4.69, 9.17) is 9.47 Å². The monoisotopic (exact) mass is 298 g/mol. The van der Waals surface area contributed by atoms with E-state index in [0.717, 1.165) is 45.3 Å². The summed E-state index contributed by atoms with van der Waals surface area (Å²) in [5.74, 6) is 0.277. The van der Waals surface area contributed by atoms with E-state index in [1.165, 1.54) is 20.0 Å². The molecule has 1 heterocycles. The summed E-state index contributed by atoms with van der Waals surface area (Å²) in [5.41, 5.74) is -0.467. The predicted molar refractivity (Wildman–Crippen MR) is 82.2 cm³/mol. The molecule has 3 atom stereocenters. The average molecular weight is 298 g/mol. The van der Waals surface area contributed by atoms with Crippen molar-refractivity contribution in [3.63, 3.8) is 0 Å². The molecule has 0 aromatic rings. The average Bonchev–Trinajstić information content (AvgIpc) is 2.96. The number of esters is 1. The number of ether oxygens (including phenoxy) is 2. The van der Waals surface area contributed by atoms with E-state index in [9.17, 15) is 4.79 Å². The number of piperidine rings is 1. The largest absolute Gasteiger partial charge is 0.468 e. The van der Waals surface area contributed by atoms with E-state index < -0.39 is 5.54 Å². The lowest BCUT2D eigenvalue weighted by atomic mass is 9.84. The Morgan fingerprint density at radius 2 is 2.14 bits per heavy atom. The molecule has 0 amide bonds. The second-order valence-electron chi connectivity index (χ2n) is 6.39. The van der Waals surface area contributed by atoms with Gasteiger partial charge >= 0.3 is 5.97 Å². The van der Waals surface area contributed by atoms with E-state index in [0.29, 0.717) is 12.0 Å². The molecule has 2 rings (SSSR count). The molecule has 5 heteroatoms. The second-order valence-corrected chi connectivity index (χ2v) is 6.39. The molecular formula is C16H30N2O3. The summed E-state index contributed by atoms with van der Waals surface area (Å²) in [4.78, 5) is 14.7. The van der Waals surface area contributed by atoms with Gasteiger partial charge < -0.3 is 19.7 Å². The van der Waals surface area contributed by atoms with Gasteiger partial charge in [-0.15, -0.1) is 0 Å². The zero-order valence-corrected chi connectivity index (χ0v) is 13.7. The molecule has 0 bridgehead atoms. The van der Waals surface area contributed by atoms with Crippen LogP contribution in [0.25, 0.3) is 0 Å². The van der Waals surface area contributed by atoms with Crippen LogP contribution in [0.15, 0.2) is 0 Å². The van der Waals surface area contributed by atoms with Crippen molar-refractivity contribution >= 4 is 5.97 Å². The fourth-order valence-corrected chi connectivity index (χ4v) is 4.10. The highest BCUT2D eigenvalue weighted by molar-refractivity contribution is 5.81. The molecule has 0 aromatic heterocycles. The molecule has 122 valence electrons. The molecule has 1 N–H and O–H groups in total. The molecule has 2 fully saturated rings. The minimum Gasteiger partial charge on any atom is -0.468 e. The molecule has 0 spiro atoms. The highest BCUT2D eigenvalue weighted by Gasteiger charge is 2.48. The van der Waals surface area contributed by atoms with Gasteiger partial charge in [0.15, 0.2) is 0 Å². The summed E-state index contributed by atoms with van der Waals surface area (Å²) >= 11 is 0. The number of carbonyl (C=O) groups is 1. The summed E-state index contributed by atoms with van der Waals surface area (Å²) in [6.07, 6.45) is 6.89. The molecule has 1 saturated heterocycles. The lowest BCUT2D eigenvalue weighted by Crippen LogP contribution is -2.54. The highest BCUT2D eigenvalue weighted by Crippen LogP contribution is 2.38. The molecule has 0 aromatic carbocycles. The van der Waals surface area contributed by atoms with E-state index in [1.807, 2.05) is 7.05 Å². The first-order chi connectivity index (χ1) is 10.2. The van der Waals surface area contributed by atoms with Crippen molar-refractivity contribution in [2.24, 2.45) is 5.92 Å². The number of nitrogens with one attached hydrogen (secondary N) is 1. The normalized spacial score (nSPS) is 34.0. The molecule has 3 unspecified atom stereocenters. The van der Waals surface area contributed by atoms with Crippen molar-refractivity contribution in [2.45, 2.75) is 50.2 Å². The zero-order chi connectivity index (χ0) is 15.3. The third-order valence-electron chi connectivity index (χ3n) is 5.41. The van der Waals surface area contributed by atoms with E-state index in [1.54, 1.807) is 7.11 Å². The minimum atomic E-state index is -0.467. The Kier molecular flexibility index (Phi) is 6.02. The van der Waals surface area contributed by atoms with Gasteiger partial charge in [-0.25, -0.2) is 0 Å². The lowest BCUT2D eigenvalue weighted by Gasteiger charge is -2.36. The van der Waals surface area contributed by atoms with Crippen molar-refractivity contribution < 1.29 is 14.3 Å². The van der Waals surface area contributed by atoms with Crippen LogP contribution < -0.4 is 5.32 Å². The Balaban J connectivity index is 1.90. The maximum Gasteiger partial charge on any atom is 0.326 e. The van der Waals surface area contributed by atoms with Crippen LogP contribution in [0.2, 0.25) is 0 Å². The van der Waals surface area contributed by atoms with E-state index in [-0.39, 0.29) is 5.97 Å². The molecule has 2 aliphatic rings. The number of likely N-dealkylation sites (N-methyl/N-ethyl adjacent to an activating group) is 1. The van der Waals surface area contributed by atoms with Crippen LogP contribution >= 0.6 is 0 Å². The van der Waals surface area contributed by atoms with Crippen LogP contribution in [-0.2, 0) is 14.3 Å². The van der Waals surface area contributed by atoms with Crippen molar-refractivity contribution in [3.05, 3.63) is 0 Å². The first-order valence-corrected chi connectivity index (χ1v) is 8.18. The van der Waals surface area contributed by atoms with Crippen LogP contribution in [0.3, 0.4) is 0 Å². The molecule has 0 radical (unpaired) electrons. The van der Waals surface area contributed by atoms with Crippen LogP contribution in [0, 0.1) is 5.92 Å².